The summed E-state index contributed by atoms with van der Waals surface area (Å²) in [7, 11) is -0.183. The lowest BCUT2D eigenvalue weighted by Crippen LogP contribution is -2.17. The van der Waals surface area contributed by atoms with Gasteiger partial charge in [-0.1, -0.05) is 65.8 Å². The molecule has 206 valence electrons. The zero-order valence-corrected chi connectivity index (χ0v) is 25.8. The van der Waals surface area contributed by atoms with Crippen molar-refractivity contribution in [2.75, 3.05) is 13.4 Å². The van der Waals surface area contributed by atoms with E-state index in [-0.39, 0.29) is 5.92 Å². The minimum Gasteiger partial charge on any atom is -0.465 e. The molecule has 2 aromatic carbocycles. The van der Waals surface area contributed by atoms with E-state index >= 15 is 0 Å². The Labute approximate surface area is 236 Å². The first-order chi connectivity index (χ1) is 18.3. The Balaban J connectivity index is 0.00000172. The van der Waals surface area contributed by atoms with Gasteiger partial charge in [0.2, 0.25) is 0 Å². The first kappa shape index (κ1) is 33.1. The van der Waals surface area contributed by atoms with Gasteiger partial charge in [-0.25, -0.2) is 9.00 Å². The Bertz CT molecular complexity index is 1210. The lowest BCUT2D eigenvalue weighted by Gasteiger charge is -2.13. The fourth-order valence-corrected chi connectivity index (χ4v) is 4.98. The predicted octanol–water partition coefficient (Wildman–Crippen LogP) is 8.46. The molecule has 2 aromatic rings. The third kappa shape index (κ3) is 9.76. The van der Waals surface area contributed by atoms with Gasteiger partial charge in [-0.2, -0.15) is 0 Å². The van der Waals surface area contributed by atoms with Crippen LogP contribution in [0.2, 0.25) is 0 Å². The van der Waals surface area contributed by atoms with Crippen molar-refractivity contribution < 1.29 is 13.7 Å². The molecule has 0 heterocycles. The SMILES string of the molecule is CC.CC.COC(=O)c1cc(S(=O)NC2=CC=C(C=Nc3ccc(C)cc3SC)CC=C2)ccc1C(C)C. The van der Waals surface area contributed by atoms with Gasteiger partial charge in [-0.15, -0.1) is 11.8 Å². The van der Waals surface area contributed by atoms with Gasteiger partial charge in [0.15, 0.2) is 0 Å². The van der Waals surface area contributed by atoms with E-state index in [1.165, 1.54) is 12.7 Å². The van der Waals surface area contributed by atoms with Crippen LogP contribution in [0.3, 0.4) is 0 Å². The fourth-order valence-electron chi connectivity index (χ4n) is 3.46. The zero-order chi connectivity index (χ0) is 28.7. The number of esters is 1. The van der Waals surface area contributed by atoms with Gasteiger partial charge in [0.1, 0.15) is 11.0 Å². The van der Waals surface area contributed by atoms with Gasteiger partial charge in [0.25, 0.3) is 0 Å². The number of ether oxygens (including phenoxy) is 1. The molecule has 1 N–H and O–H groups in total. The minimum atomic E-state index is -1.53. The molecular formula is C31H42N2O3S2. The monoisotopic (exact) mass is 554 g/mol. The Morgan fingerprint density at radius 1 is 1.11 bits per heavy atom. The maximum atomic E-state index is 13.0. The average molecular weight is 555 g/mol. The van der Waals surface area contributed by atoms with Crippen molar-refractivity contribution in [3.8, 4) is 0 Å². The van der Waals surface area contributed by atoms with Crippen LogP contribution in [0.5, 0.6) is 0 Å². The fraction of sp³-hybridized carbons (Fsp3) is 0.355. The van der Waals surface area contributed by atoms with Gasteiger partial charge in [0.05, 0.1) is 23.3 Å². The number of nitrogens with one attached hydrogen (secondary N) is 1. The molecule has 1 aliphatic rings. The third-order valence-electron chi connectivity index (χ3n) is 5.31. The van der Waals surface area contributed by atoms with Crippen LogP contribution in [-0.4, -0.2) is 29.8 Å². The zero-order valence-electron chi connectivity index (χ0n) is 24.1. The molecule has 0 aromatic heterocycles. The molecule has 0 spiro atoms. The van der Waals surface area contributed by atoms with Crippen LogP contribution in [0, 0.1) is 6.92 Å². The standard InChI is InChI=1S/C27H30N2O3S2.2C2H6/c1-18(2)23-13-12-22(16-24(23)27(30)32-4)34(31)29-21-8-6-7-20(10-11-21)17-28-25-14-9-19(3)15-26(25)33-5;2*1-2/h6,8-18,29H,7H2,1-5H3;2*1-2H3. The van der Waals surface area contributed by atoms with Gasteiger partial charge in [-0.05, 0) is 78.6 Å². The molecule has 0 saturated heterocycles. The number of benzene rings is 2. The normalized spacial score (nSPS) is 13.3. The third-order valence-corrected chi connectivity index (χ3v) is 7.18. The quantitative estimate of drug-likeness (QED) is 0.202. The number of hydrogen-bond acceptors (Lipinski definition) is 5. The second-order valence-corrected chi connectivity index (χ2v) is 10.2. The first-order valence-electron chi connectivity index (χ1n) is 13.0. The summed E-state index contributed by atoms with van der Waals surface area (Å²) in [5.74, 6) is -0.282. The first-order valence-corrected chi connectivity index (χ1v) is 15.4. The van der Waals surface area contributed by atoms with E-state index in [0.29, 0.717) is 16.9 Å². The number of methoxy groups -OCH3 is 1. The highest BCUT2D eigenvalue weighted by molar-refractivity contribution is 7.98. The topological polar surface area (TPSA) is 67.8 Å². The van der Waals surface area contributed by atoms with Crippen LogP contribution < -0.4 is 4.72 Å². The van der Waals surface area contributed by atoms with Crippen molar-refractivity contribution in [2.45, 2.75) is 70.6 Å². The van der Waals surface area contributed by atoms with E-state index in [4.69, 9.17) is 4.74 Å². The van der Waals surface area contributed by atoms with E-state index in [1.54, 1.807) is 23.9 Å². The van der Waals surface area contributed by atoms with Crippen LogP contribution in [0.1, 0.15) is 75.4 Å². The Kier molecular flexibility index (Phi) is 15.3. The molecule has 1 atom stereocenters. The highest BCUT2D eigenvalue weighted by atomic mass is 32.2. The number of aliphatic imine (C=N–C) groups is 1. The molecule has 38 heavy (non-hydrogen) atoms. The van der Waals surface area contributed by atoms with Gasteiger partial charge < -0.3 is 9.46 Å². The number of nitrogens with zero attached hydrogens (tertiary/aromatic N) is 1. The van der Waals surface area contributed by atoms with Gasteiger partial charge in [0, 0.05) is 16.8 Å². The van der Waals surface area contributed by atoms with E-state index in [9.17, 15) is 9.00 Å². The summed E-state index contributed by atoms with van der Waals surface area (Å²) in [4.78, 5) is 18.5. The molecule has 0 fully saturated rings. The number of hydrogen-bond donors (Lipinski definition) is 1. The summed E-state index contributed by atoms with van der Waals surface area (Å²) >= 11 is 1.68. The van der Waals surface area contributed by atoms with Crippen LogP contribution in [0.4, 0.5) is 5.69 Å². The van der Waals surface area contributed by atoms with E-state index in [0.717, 1.165) is 27.4 Å². The molecule has 0 aliphatic heterocycles. The summed E-state index contributed by atoms with van der Waals surface area (Å²) in [6.07, 6.45) is 12.4. The summed E-state index contributed by atoms with van der Waals surface area (Å²) in [5.41, 5.74) is 5.22. The number of carbonyl (C=O) groups is 1. The van der Waals surface area contributed by atoms with Crippen molar-refractivity contribution >= 4 is 40.6 Å². The molecule has 1 unspecified atom stereocenters. The molecule has 0 saturated carbocycles. The summed E-state index contributed by atoms with van der Waals surface area (Å²) < 4.78 is 20.9. The van der Waals surface area contributed by atoms with Crippen molar-refractivity contribution in [3.63, 3.8) is 0 Å². The van der Waals surface area contributed by atoms with Crippen molar-refractivity contribution in [1.82, 2.24) is 4.72 Å². The van der Waals surface area contributed by atoms with E-state index < -0.39 is 17.0 Å². The van der Waals surface area contributed by atoms with Crippen molar-refractivity contribution in [3.05, 3.63) is 88.7 Å². The molecule has 1 aliphatic carbocycles. The molecule has 3 rings (SSSR count). The van der Waals surface area contributed by atoms with Crippen LogP contribution in [0.15, 0.2) is 86.8 Å². The Hall–Kier alpha value is -2.90. The Morgan fingerprint density at radius 2 is 1.82 bits per heavy atom. The van der Waals surface area contributed by atoms with Crippen LogP contribution in [0.25, 0.3) is 0 Å². The molecule has 7 heteroatoms. The van der Waals surface area contributed by atoms with E-state index in [1.807, 2.05) is 90.4 Å². The molecule has 0 amide bonds. The smallest absolute Gasteiger partial charge is 0.338 e. The van der Waals surface area contributed by atoms with Crippen LogP contribution >= 0.6 is 11.8 Å². The second-order valence-electron chi connectivity index (χ2n) is 8.17. The summed E-state index contributed by atoms with van der Waals surface area (Å²) in [5, 5.41) is 0. The molecular weight excluding hydrogens is 512 g/mol. The molecule has 0 bridgehead atoms. The second kappa shape index (κ2) is 17.6. The summed E-state index contributed by atoms with van der Waals surface area (Å²) in [6, 6.07) is 11.5. The number of aryl methyl sites for hydroxylation is 1. The van der Waals surface area contributed by atoms with Gasteiger partial charge >= 0.3 is 5.97 Å². The van der Waals surface area contributed by atoms with Crippen molar-refractivity contribution in [2.24, 2.45) is 4.99 Å². The maximum absolute atomic E-state index is 13.0. The van der Waals surface area contributed by atoms with E-state index in [2.05, 4.69) is 28.8 Å². The lowest BCUT2D eigenvalue weighted by molar-refractivity contribution is 0.0598. The average Bonchev–Trinajstić information content (AvgIpc) is 3.18. The minimum absolute atomic E-state index is 0.147. The number of allylic oxidation sites excluding steroid dienone is 5. The molecule has 0 radical (unpaired) electrons. The number of thioether (sulfide) groups is 1. The molecule has 5 nitrogen and oxygen atoms in total. The Morgan fingerprint density at radius 3 is 2.45 bits per heavy atom. The largest absolute Gasteiger partial charge is 0.465 e. The maximum Gasteiger partial charge on any atom is 0.338 e. The lowest BCUT2D eigenvalue weighted by atomic mass is 9.97. The summed E-state index contributed by atoms with van der Waals surface area (Å²) in [6.45, 7) is 14.1. The van der Waals surface area contributed by atoms with Crippen molar-refractivity contribution in [1.29, 1.82) is 0 Å². The van der Waals surface area contributed by atoms with Gasteiger partial charge in [-0.3, -0.25) is 4.99 Å². The highest BCUT2D eigenvalue weighted by Crippen LogP contribution is 2.29. The number of rotatable bonds is 8. The highest BCUT2D eigenvalue weighted by Gasteiger charge is 2.17. The van der Waals surface area contributed by atoms with Crippen LogP contribution in [-0.2, 0) is 15.7 Å². The predicted molar refractivity (Wildman–Crippen MR) is 165 cm³/mol. The number of carbonyl (C=O) groups excluding carboxylic acids is 1.